The fourth-order valence-corrected chi connectivity index (χ4v) is 2.64. The van der Waals surface area contributed by atoms with E-state index in [-0.39, 0.29) is 11.3 Å². The number of aromatic nitrogens is 2. The van der Waals surface area contributed by atoms with Crippen molar-refractivity contribution < 1.29 is 22.7 Å². The van der Waals surface area contributed by atoms with Crippen LogP contribution in [0.4, 0.5) is 18.9 Å². The maximum atomic E-state index is 12.9. The SMILES string of the molecule is COc1ccccc1NC(=O)c1cnn(-c2cccc(C(F)(F)F)c2)c1C. The number of benzene rings is 2. The van der Waals surface area contributed by atoms with Crippen molar-refractivity contribution in [1.29, 1.82) is 0 Å². The van der Waals surface area contributed by atoms with E-state index >= 15 is 0 Å². The first-order valence-corrected chi connectivity index (χ1v) is 7.98. The van der Waals surface area contributed by atoms with E-state index in [0.29, 0.717) is 17.1 Å². The number of carbonyl (C=O) groups is 1. The first-order valence-electron chi connectivity index (χ1n) is 7.98. The van der Waals surface area contributed by atoms with Gasteiger partial charge in [0.05, 0.1) is 41.5 Å². The molecule has 2 aromatic carbocycles. The molecule has 0 fully saturated rings. The third kappa shape index (κ3) is 3.79. The highest BCUT2D eigenvalue weighted by Gasteiger charge is 2.30. The van der Waals surface area contributed by atoms with E-state index in [2.05, 4.69) is 10.4 Å². The molecule has 0 radical (unpaired) electrons. The van der Waals surface area contributed by atoms with Crippen LogP contribution in [0.25, 0.3) is 5.69 Å². The molecular weight excluding hydrogens is 359 g/mol. The number of alkyl halides is 3. The summed E-state index contributed by atoms with van der Waals surface area (Å²) in [4.78, 5) is 12.6. The zero-order valence-electron chi connectivity index (χ0n) is 14.5. The Balaban J connectivity index is 1.90. The first-order chi connectivity index (χ1) is 12.8. The monoisotopic (exact) mass is 375 g/mol. The molecule has 1 heterocycles. The first kappa shape index (κ1) is 18.5. The van der Waals surface area contributed by atoms with Crippen LogP contribution in [0.1, 0.15) is 21.6 Å². The molecule has 3 rings (SSSR count). The number of ether oxygens (including phenoxy) is 1. The third-order valence-corrected chi connectivity index (χ3v) is 4.03. The second-order valence-electron chi connectivity index (χ2n) is 5.76. The van der Waals surface area contributed by atoms with Crippen LogP contribution in [0.5, 0.6) is 5.75 Å². The van der Waals surface area contributed by atoms with Crippen molar-refractivity contribution in [1.82, 2.24) is 9.78 Å². The lowest BCUT2D eigenvalue weighted by Gasteiger charge is -2.11. The summed E-state index contributed by atoms with van der Waals surface area (Å²) < 4.78 is 45.3. The molecule has 1 N–H and O–H groups in total. The van der Waals surface area contributed by atoms with Gasteiger partial charge in [-0.05, 0) is 37.3 Å². The van der Waals surface area contributed by atoms with Crippen LogP contribution < -0.4 is 10.1 Å². The number of amides is 1. The van der Waals surface area contributed by atoms with Gasteiger partial charge < -0.3 is 10.1 Å². The molecule has 1 aromatic heterocycles. The molecule has 0 spiro atoms. The number of nitrogens with zero attached hydrogens (tertiary/aromatic N) is 2. The van der Waals surface area contributed by atoms with Crippen molar-refractivity contribution in [2.24, 2.45) is 0 Å². The van der Waals surface area contributed by atoms with Gasteiger partial charge in [0.25, 0.3) is 5.91 Å². The van der Waals surface area contributed by atoms with E-state index in [9.17, 15) is 18.0 Å². The maximum Gasteiger partial charge on any atom is 0.416 e. The molecule has 0 saturated heterocycles. The van der Waals surface area contributed by atoms with Crippen LogP contribution in [-0.4, -0.2) is 22.8 Å². The molecule has 5 nitrogen and oxygen atoms in total. The standard InChI is InChI=1S/C19H16F3N3O2/c1-12-15(18(26)24-16-8-3-4-9-17(16)27-2)11-23-25(12)14-7-5-6-13(10-14)19(20,21)22/h3-11H,1-2H3,(H,24,26). The summed E-state index contributed by atoms with van der Waals surface area (Å²) in [5.41, 5.74) is 0.588. The summed E-state index contributed by atoms with van der Waals surface area (Å²) in [6.45, 7) is 1.62. The Hall–Kier alpha value is -3.29. The minimum Gasteiger partial charge on any atom is -0.495 e. The molecule has 0 aliphatic rings. The minimum atomic E-state index is -4.46. The zero-order valence-corrected chi connectivity index (χ0v) is 14.5. The predicted molar refractivity (Wildman–Crippen MR) is 94.3 cm³/mol. The Kier molecular flexibility index (Phi) is 4.89. The van der Waals surface area contributed by atoms with Gasteiger partial charge in [-0.15, -0.1) is 0 Å². The number of anilines is 1. The number of rotatable bonds is 4. The van der Waals surface area contributed by atoms with E-state index in [4.69, 9.17) is 4.74 Å². The zero-order chi connectivity index (χ0) is 19.6. The summed E-state index contributed by atoms with van der Waals surface area (Å²) in [7, 11) is 1.49. The molecule has 0 bridgehead atoms. The number of hydrogen-bond donors (Lipinski definition) is 1. The van der Waals surface area contributed by atoms with Crippen molar-refractivity contribution in [3.8, 4) is 11.4 Å². The number of carbonyl (C=O) groups excluding carboxylic acids is 1. The Morgan fingerprint density at radius 2 is 1.89 bits per heavy atom. The smallest absolute Gasteiger partial charge is 0.416 e. The topological polar surface area (TPSA) is 56.1 Å². The molecule has 0 unspecified atom stereocenters. The lowest BCUT2D eigenvalue weighted by atomic mass is 10.2. The van der Waals surface area contributed by atoms with Gasteiger partial charge in [-0.2, -0.15) is 18.3 Å². The normalized spacial score (nSPS) is 11.3. The largest absolute Gasteiger partial charge is 0.495 e. The van der Waals surface area contributed by atoms with Crippen molar-refractivity contribution in [3.63, 3.8) is 0 Å². The number of hydrogen-bond acceptors (Lipinski definition) is 3. The molecule has 0 saturated carbocycles. The Morgan fingerprint density at radius 1 is 1.15 bits per heavy atom. The van der Waals surface area contributed by atoms with E-state index in [0.717, 1.165) is 12.1 Å². The van der Waals surface area contributed by atoms with Crippen LogP contribution >= 0.6 is 0 Å². The van der Waals surface area contributed by atoms with Crippen molar-refractivity contribution >= 4 is 11.6 Å². The van der Waals surface area contributed by atoms with Crippen molar-refractivity contribution in [2.45, 2.75) is 13.1 Å². The fraction of sp³-hybridized carbons (Fsp3) is 0.158. The van der Waals surface area contributed by atoms with E-state index < -0.39 is 17.6 Å². The summed E-state index contributed by atoms with van der Waals surface area (Å²) in [6.07, 6.45) is -3.14. The highest BCUT2D eigenvalue weighted by atomic mass is 19.4. The number of methoxy groups -OCH3 is 1. The Labute approximate surface area is 153 Å². The number of para-hydroxylation sites is 2. The van der Waals surface area contributed by atoms with E-state index in [1.54, 1.807) is 31.2 Å². The quantitative estimate of drug-likeness (QED) is 0.733. The van der Waals surface area contributed by atoms with Crippen molar-refractivity contribution in [2.75, 3.05) is 12.4 Å². The van der Waals surface area contributed by atoms with Crippen LogP contribution in [0, 0.1) is 6.92 Å². The van der Waals surface area contributed by atoms with Gasteiger partial charge in [0.2, 0.25) is 0 Å². The maximum absolute atomic E-state index is 12.9. The highest BCUT2D eigenvalue weighted by Crippen LogP contribution is 2.30. The number of halogens is 3. The van der Waals surface area contributed by atoms with E-state index in [1.807, 2.05) is 0 Å². The molecule has 8 heteroatoms. The Bertz CT molecular complexity index is 980. The molecule has 0 aliphatic heterocycles. The van der Waals surface area contributed by atoms with Crippen LogP contribution in [0.15, 0.2) is 54.7 Å². The Morgan fingerprint density at radius 3 is 2.59 bits per heavy atom. The van der Waals surface area contributed by atoms with Crippen molar-refractivity contribution in [3.05, 3.63) is 71.5 Å². The van der Waals surface area contributed by atoms with Crippen LogP contribution in [0.2, 0.25) is 0 Å². The lowest BCUT2D eigenvalue weighted by Crippen LogP contribution is -2.14. The van der Waals surface area contributed by atoms with Crippen LogP contribution in [-0.2, 0) is 6.18 Å². The van der Waals surface area contributed by atoms with Gasteiger partial charge in [-0.3, -0.25) is 4.79 Å². The lowest BCUT2D eigenvalue weighted by molar-refractivity contribution is -0.137. The predicted octanol–water partition coefficient (Wildman–Crippen LogP) is 4.46. The molecule has 0 atom stereocenters. The molecule has 140 valence electrons. The molecular formula is C19H16F3N3O2. The van der Waals surface area contributed by atoms with Gasteiger partial charge in [0, 0.05) is 0 Å². The van der Waals surface area contributed by atoms with E-state index in [1.165, 1.54) is 30.1 Å². The molecule has 0 aliphatic carbocycles. The second-order valence-corrected chi connectivity index (χ2v) is 5.76. The van der Waals surface area contributed by atoms with Gasteiger partial charge in [-0.1, -0.05) is 18.2 Å². The summed E-state index contributed by atoms with van der Waals surface area (Å²) in [5.74, 6) is 0.0593. The number of nitrogens with one attached hydrogen (secondary N) is 1. The van der Waals surface area contributed by atoms with Gasteiger partial charge in [0.15, 0.2) is 0 Å². The minimum absolute atomic E-state index is 0.221. The average Bonchev–Trinajstić information content (AvgIpc) is 3.03. The summed E-state index contributed by atoms with van der Waals surface area (Å²) >= 11 is 0. The molecule has 3 aromatic rings. The summed E-state index contributed by atoms with van der Waals surface area (Å²) in [5, 5.41) is 6.79. The van der Waals surface area contributed by atoms with Gasteiger partial charge in [-0.25, -0.2) is 4.68 Å². The van der Waals surface area contributed by atoms with Crippen LogP contribution in [0.3, 0.4) is 0 Å². The molecule has 1 amide bonds. The molecule has 27 heavy (non-hydrogen) atoms. The fourth-order valence-electron chi connectivity index (χ4n) is 2.64. The summed E-state index contributed by atoms with van der Waals surface area (Å²) in [6, 6.07) is 11.7. The van der Waals surface area contributed by atoms with Gasteiger partial charge >= 0.3 is 6.18 Å². The highest BCUT2D eigenvalue weighted by molar-refractivity contribution is 6.05. The third-order valence-electron chi connectivity index (χ3n) is 4.03. The second kappa shape index (κ2) is 7.14. The van der Waals surface area contributed by atoms with Gasteiger partial charge in [0.1, 0.15) is 5.75 Å². The average molecular weight is 375 g/mol.